The molecule has 1 aromatic heterocycles. The zero-order valence-corrected chi connectivity index (χ0v) is 16.9. The van der Waals surface area contributed by atoms with E-state index in [1.165, 1.54) is 11.1 Å². The topological polar surface area (TPSA) is 25.5 Å². The Kier molecular flexibility index (Phi) is 3.92. The third-order valence-electron chi connectivity index (χ3n) is 5.95. The molecule has 0 saturated heterocycles. The van der Waals surface area contributed by atoms with Crippen LogP contribution in [0, 0.1) is 10.8 Å². The van der Waals surface area contributed by atoms with Gasteiger partial charge < -0.3 is 4.42 Å². The summed E-state index contributed by atoms with van der Waals surface area (Å²) in [6.07, 6.45) is 3.34. The molecule has 1 fully saturated rings. The van der Waals surface area contributed by atoms with Crippen LogP contribution in [-0.4, -0.2) is 12.8 Å². The van der Waals surface area contributed by atoms with Crippen LogP contribution in [0.4, 0.5) is 0 Å². The van der Waals surface area contributed by atoms with E-state index in [1.54, 1.807) is 0 Å². The largest absolute Gasteiger partial charge is 0.456 e. The summed E-state index contributed by atoms with van der Waals surface area (Å²) in [4.78, 5) is 4.61. The molecule has 3 aromatic rings. The molecule has 4 rings (SSSR count). The van der Waals surface area contributed by atoms with E-state index >= 15 is 0 Å². The van der Waals surface area contributed by atoms with Crippen LogP contribution in [0.3, 0.4) is 0 Å². The molecule has 0 aliphatic heterocycles. The van der Waals surface area contributed by atoms with Crippen molar-refractivity contribution in [3.05, 3.63) is 71.8 Å². The highest BCUT2D eigenvalue weighted by molar-refractivity contribution is 6.13. The second kappa shape index (κ2) is 5.95. The summed E-state index contributed by atoms with van der Waals surface area (Å²) in [7, 11) is 1.86. The van der Waals surface area contributed by atoms with Gasteiger partial charge in [-0.05, 0) is 58.7 Å². The first kappa shape index (κ1) is 17.8. The molecule has 1 saturated carbocycles. The van der Waals surface area contributed by atoms with Crippen molar-refractivity contribution in [2.75, 3.05) is 7.05 Å². The van der Waals surface area contributed by atoms with Gasteiger partial charge in [0.25, 0.3) is 0 Å². The maximum Gasteiger partial charge on any atom is 0.135 e. The van der Waals surface area contributed by atoms with Crippen LogP contribution in [-0.2, 0) is 0 Å². The van der Waals surface area contributed by atoms with Gasteiger partial charge in [-0.15, -0.1) is 0 Å². The highest BCUT2D eigenvalue weighted by atomic mass is 16.3. The van der Waals surface area contributed by atoms with Gasteiger partial charge >= 0.3 is 0 Å². The molecule has 0 bridgehead atoms. The first-order valence-electron chi connectivity index (χ1n) is 9.53. The fourth-order valence-corrected chi connectivity index (χ4v) is 4.66. The Morgan fingerprint density at radius 1 is 1.00 bits per heavy atom. The van der Waals surface area contributed by atoms with Crippen LogP contribution < -0.4 is 0 Å². The van der Waals surface area contributed by atoms with E-state index in [2.05, 4.69) is 63.5 Å². The summed E-state index contributed by atoms with van der Waals surface area (Å²) >= 11 is 0. The third kappa shape index (κ3) is 2.84. The van der Waals surface area contributed by atoms with Crippen molar-refractivity contribution in [2.45, 2.75) is 34.1 Å². The number of hydrogen-bond acceptors (Lipinski definition) is 2. The van der Waals surface area contributed by atoms with Crippen LogP contribution in [0.5, 0.6) is 0 Å². The maximum absolute atomic E-state index is 5.96. The molecule has 0 radical (unpaired) electrons. The molecule has 1 heterocycles. The molecule has 2 aromatic carbocycles. The number of para-hydroxylation sites is 1. The summed E-state index contributed by atoms with van der Waals surface area (Å²) < 4.78 is 5.96. The molecular formula is C25H27NO. The maximum atomic E-state index is 5.96. The molecule has 2 nitrogen and oxygen atoms in total. The number of allylic oxidation sites excluding steroid dienone is 3. The lowest BCUT2D eigenvalue weighted by molar-refractivity contribution is 0.339. The van der Waals surface area contributed by atoms with Crippen LogP contribution in [0.25, 0.3) is 21.9 Å². The molecule has 0 atom stereocenters. The lowest BCUT2D eigenvalue weighted by atomic mass is 9.83. The first-order valence-corrected chi connectivity index (χ1v) is 9.53. The van der Waals surface area contributed by atoms with E-state index in [9.17, 15) is 0 Å². The molecule has 27 heavy (non-hydrogen) atoms. The first-order chi connectivity index (χ1) is 12.7. The van der Waals surface area contributed by atoms with Gasteiger partial charge in [0.2, 0.25) is 0 Å². The van der Waals surface area contributed by atoms with E-state index in [-0.39, 0.29) is 10.8 Å². The van der Waals surface area contributed by atoms with Crippen molar-refractivity contribution < 1.29 is 4.42 Å². The molecule has 2 heteroatoms. The number of aliphatic imine (C=N–C) groups is 1. The summed E-state index contributed by atoms with van der Waals surface area (Å²) in [5.74, 6) is 0. The number of hydrogen-bond donors (Lipinski definition) is 0. The second-order valence-electron chi connectivity index (χ2n) is 8.90. The minimum atomic E-state index is 0.100. The monoisotopic (exact) mass is 357 g/mol. The van der Waals surface area contributed by atoms with Crippen molar-refractivity contribution in [2.24, 2.45) is 15.8 Å². The van der Waals surface area contributed by atoms with Gasteiger partial charge in [0, 0.05) is 23.4 Å². The van der Waals surface area contributed by atoms with Gasteiger partial charge in [0.05, 0.1) is 5.71 Å². The highest BCUT2D eigenvalue weighted by Crippen LogP contribution is 2.55. The molecular weight excluding hydrogens is 330 g/mol. The molecule has 1 aliphatic rings. The molecule has 0 amide bonds. The smallest absolute Gasteiger partial charge is 0.135 e. The summed E-state index contributed by atoms with van der Waals surface area (Å²) in [5, 5.41) is 2.27. The van der Waals surface area contributed by atoms with Crippen molar-refractivity contribution >= 4 is 27.7 Å². The summed E-state index contributed by atoms with van der Waals surface area (Å²) in [5.41, 5.74) is 6.69. The Bertz CT molecular complexity index is 1120. The Balaban J connectivity index is 1.84. The fraction of sp³-hybridized carbons (Fsp3) is 0.320. The van der Waals surface area contributed by atoms with Gasteiger partial charge in [-0.3, -0.25) is 4.99 Å². The Hall–Kier alpha value is -2.61. The fourth-order valence-electron chi connectivity index (χ4n) is 4.66. The van der Waals surface area contributed by atoms with E-state index in [1.807, 2.05) is 31.3 Å². The van der Waals surface area contributed by atoms with Crippen molar-refractivity contribution in [3.8, 4) is 0 Å². The van der Waals surface area contributed by atoms with Gasteiger partial charge in [-0.1, -0.05) is 52.5 Å². The van der Waals surface area contributed by atoms with E-state index in [4.69, 9.17) is 4.42 Å². The van der Waals surface area contributed by atoms with Gasteiger partial charge in [-0.25, -0.2) is 0 Å². The normalized spacial score (nSPS) is 20.9. The van der Waals surface area contributed by atoms with E-state index < -0.39 is 0 Å². The number of rotatable bonds is 2. The Labute approximate surface area is 161 Å². The van der Waals surface area contributed by atoms with Crippen molar-refractivity contribution in [1.82, 2.24) is 0 Å². The molecule has 0 N–H and O–H groups in total. The number of benzene rings is 2. The summed E-state index contributed by atoms with van der Waals surface area (Å²) in [6.45, 7) is 13.6. The van der Waals surface area contributed by atoms with Crippen LogP contribution in [0.2, 0.25) is 0 Å². The minimum absolute atomic E-state index is 0.100. The lowest BCUT2D eigenvalue weighted by Crippen LogP contribution is -2.12. The molecule has 0 spiro atoms. The number of fused-ring (bicyclic) bond motifs is 3. The average Bonchev–Trinajstić information content (AvgIpc) is 3.05. The van der Waals surface area contributed by atoms with Gasteiger partial charge in [0.1, 0.15) is 11.2 Å². The standard InChI is InChI=1S/C25H27NO/c1-16-20(25(4,5)15-24(16,2)3)14-21(26-6)17-11-12-23-19(13-17)18-9-7-8-10-22(18)27-23/h7-14H,1,15H2,2-6H3/b20-14+,26-21+. The van der Waals surface area contributed by atoms with Crippen molar-refractivity contribution in [1.29, 1.82) is 0 Å². The number of nitrogens with zero attached hydrogens (tertiary/aromatic N) is 1. The van der Waals surface area contributed by atoms with Crippen LogP contribution >= 0.6 is 0 Å². The SMILES string of the molecule is C=C1/C(=C\C(=N/C)c2ccc3oc4ccccc4c3c2)C(C)(C)CC1(C)C. The minimum Gasteiger partial charge on any atom is -0.456 e. The lowest BCUT2D eigenvalue weighted by Gasteiger charge is -2.21. The molecule has 138 valence electrons. The zero-order valence-electron chi connectivity index (χ0n) is 16.9. The van der Waals surface area contributed by atoms with Crippen molar-refractivity contribution in [3.63, 3.8) is 0 Å². The molecule has 0 unspecified atom stereocenters. The van der Waals surface area contributed by atoms with E-state index in [0.717, 1.165) is 39.6 Å². The Morgan fingerprint density at radius 3 is 2.37 bits per heavy atom. The molecule has 1 aliphatic carbocycles. The Morgan fingerprint density at radius 2 is 1.70 bits per heavy atom. The quantitative estimate of drug-likeness (QED) is 0.456. The van der Waals surface area contributed by atoms with Gasteiger partial charge in [0.15, 0.2) is 0 Å². The van der Waals surface area contributed by atoms with Crippen LogP contribution in [0.15, 0.2) is 75.7 Å². The van der Waals surface area contributed by atoms with E-state index in [0.29, 0.717) is 0 Å². The average molecular weight is 357 g/mol. The third-order valence-corrected chi connectivity index (χ3v) is 5.95. The highest BCUT2D eigenvalue weighted by Gasteiger charge is 2.43. The van der Waals surface area contributed by atoms with Gasteiger partial charge in [-0.2, -0.15) is 0 Å². The second-order valence-corrected chi connectivity index (χ2v) is 8.90. The van der Waals surface area contributed by atoms with Crippen LogP contribution in [0.1, 0.15) is 39.7 Å². The predicted molar refractivity (Wildman–Crippen MR) is 116 cm³/mol. The summed E-state index contributed by atoms with van der Waals surface area (Å²) in [6, 6.07) is 14.5. The number of furan rings is 1. The predicted octanol–water partition coefficient (Wildman–Crippen LogP) is 6.94. The zero-order chi connectivity index (χ0) is 19.4.